The van der Waals surface area contributed by atoms with Crippen molar-refractivity contribution in [3.8, 4) is 0 Å². The Labute approximate surface area is 112 Å². The minimum atomic E-state index is 0.716. The predicted octanol–water partition coefficient (Wildman–Crippen LogP) is 4.62. The first-order valence-electron chi connectivity index (χ1n) is 7.44. The van der Waals surface area contributed by atoms with Crippen LogP contribution in [0, 0.1) is 0 Å². The van der Waals surface area contributed by atoms with E-state index in [1.165, 1.54) is 44.9 Å². The topological polar surface area (TPSA) is 34.1 Å². The fraction of sp³-hybridized carbons (Fsp3) is 0.750. The second kappa shape index (κ2) is 16.1. The van der Waals surface area contributed by atoms with Crippen LogP contribution >= 0.6 is 0 Å². The average molecular weight is 252 g/mol. The molecule has 0 aromatic carbocycles. The maximum atomic E-state index is 10.1. The number of hydrogen-bond acceptors (Lipinski definition) is 2. The molecule has 0 rings (SSSR count). The van der Waals surface area contributed by atoms with Crippen LogP contribution in [0.3, 0.4) is 0 Å². The van der Waals surface area contributed by atoms with E-state index in [0.717, 1.165) is 38.3 Å². The molecule has 0 aliphatic heterocycles. The van der Waals surface area contributed by atoms with Crippen molar-refractivity contribution in [2.24, 2.45) is 0 Å². The lowest BCUT2D eigenvalue weighted by atomic mass is 10.1. The van der Waals surface area contributed by atoms with Crippen LogP contribution in [-0.4, -0.2) is 12.6 Å². The van der Waals surface area contributed by atoms with Crippen molar-refractivity contribution in [2.45, 2.75) is 77.0 Å². The third-order valence-corrected chi connectivity index (χ3v) is 3.05. The van der Waals surface area contributed by atoms with E-state index in [1.807, 2.05) is 0 Å². The van der Waals surface area contributed by atoms with Crippen LogP contribution < -0.4 is 0 Å². The van der Waals surface area contributed by atoms with Gasteiger partial charge in [-0.25, -0.2) is 0 Å². The molecule has 0 atom stereocenters. The van der Waals surface area contributed by atoms with Crippen LogP contribution in [0.4, 0.5) is 0 Å². The van der Waals surface area contributed by atoms with Crippen molar-refractivity contribution in [1.29, 1.82) is 0 Å². The molecule has 0 saturated carbocycles. The van der Waals surface area contributed by atoms with E-state index in [-0.39, 0.29) is 0 Å². The molecule has 0 aliphatic rings. The summed E-state index contributed by atoms with van der Waals surface area (Å²) in [4.78, 5) is 20.2. The van der Waals surface area contributed by atoms with Crippen LogP contribution in [-0.2, 0) is 9.59 Å². The summed E-state index contributed by atoms with van der Waals surface area (Å²) in [5.74, 6) is 0. The Kier molecular flexibility index (Phi) is 15.3. The second-order valence-electron chi connectivity index (χ2n) is 4.79. The molecule has 0 saturated heterocycles. The Morgan fingerprint density at radius 1 is 0.444 bits per heavy atom. The first-order valence-corrected chi connectivity index (χ1v) is 7.44. The third kappa shape index (κ3) is 15.1. The fourth-order valence-electron chi connectivity index (χ4n) is 1.92. The van der Waals surface area contributed by atoms with E-state index in [2.05, 4.69) is 12.2 Å². The van der Waals surface area contributed by atoms with Gasteiger partial charge in [-0.2, -0.15) is 0 Å². The van der Waals surface area contributed by atoms with Gasteiger partial charge in [-0.1, -0.05) is 37.8 Å². The van der Waals surface area contributed by atoms with Gasteiger partial charge in [0.25, 0.3) is 0 Å². The highest BCUT2D eigenvalue weighted by Gasteiger charge is 1.90. The first kappa shape index (κ1) is 17.1. The Morgan fingerprint density at radius 3 is 1.22 bits per heavy atom. The zero-order chi connectivity index (χ0) is 13.3. The molecule has 0 aromatic rings. The van der Waals surface area contributed by atoms with Gasteiger partial charge in [0, 0.05) is 12.8 Å². The van der Waals surface area contributed by atoms with Crippen molar-refractivity contribution in [2.75, 3.05) is 0 Å². The van der Waals surface area contributed by atoms with Gasteiger partial charge in [0.15, 0.2) is 0 Å². The van der Waals surface area contributed by atoms with Gasteiger partial charge < -0.3 is 9.59 Å². The normalized spacial score (nSPS) is 10.9. The first-order chi connectivity index (χ1) is 8.91. The van der Waals surface area contributed by atoms with Crippen molar-refractivity contribution in [3.63, 3.8) is 0 Å². The minimum absolute atomic E-state index is 0.716. The summed E-state index contributed by atoms with van der Waals surface area (Å²) < 4.78 is 0. The molecule has 0 bridgehead atoms. The summed E-state index contributed by atoms with van der Waals surface area (Å²) in [5.41, 5.74) is 0. The Hall–Kier alpha value is -0.920. The standard InChI is InChI=1S/C16H28O2/c17-15-13-11-9-7-5-3-1-2-4-6-8-10-12-14-16-18/h1,3,15-16H,2,4-14H2. The summed E-state index contributed by atoms with van der Waals surface area (Å²) in [6.45, 7) is 0. The molecule has 0 radical (unpaired) electrons. The molecule has 0 N–H and O–H groups in total. The van der Waals surface area contributed by atoms with Crippen LogP contribution in [0.25, 0.3) is 0 Å². The molecule has 2 heteroatoms. The van der Waals surface area contributed by atoms with Crippen molar-refractivity contribution in [1.82, 2.24) is 0 Å². The van der Waals surface area contributed by atoms with Gasteiger partial charge in [0.2, 0.25) is 0 Å². The lowest BCUT2D eigenvalue weighted by Crippen LogP contribution is -1.80. The number of allylic oxidation sites excluding steroid dienone is 2. The summed E-state index contributed by atoms with van der Waals surface area (Å²) >= 11 is 0. The van der Waals surface area contributed by atoms with Gasteiger partial charge in [0.1, 0.15) is 12.6 Å². The number of unbranched alkanes of at least 4 members (excludes halogenated alkanes) is 10. The highest BCUT2D eigenvalue weighted by Crippen LogP contribution is 2.08. The number of carbonyl (C=O) groups excluding carboxylic acids is 2. The molecule has 104 valence electrons. The molecule has 2 nitrogen and oxygen atoms in total. The fourth-order valence-corrected chi connectivity index (χ4v) is 1.92. The van der Waals surface area contributed by atoms with Crippen molar-refractivity contribution < 1.29 is 9.59 Å². The Morgan fingerprint density at radius 2 is 0.778 bits per heavy atom. The highest BCUT2D eigenvalue weighted by molar-refractivity contribution is 5.49. The molecule has 0 fully saturated rings. The largest absolute Gasteiger partial charge is 0.303 e. The zero-order valence-electron chi connectivity index (χ0n) is 11.6. The quantitative estimate of drug-likeness (QED) is 0.257. The van der Waals surface area contributed by atoms with E-state index >= 15 is 0 Å². The molecule has 0 heterocycles. The number of hydrogen-bond donors (Lipinski definition) is 0. The SMILES string of the molecule is O=CCCCCCC=CCCCCCCCC=O. The number of aldehydes is 2. The van der Waals surface area contributed by atoms with Gasteiger partial charge in [-0.3, -0.25) is 0 Å². The number of rotatable bonds is 14. The van der Waals surface area contributed by atoms with Gasteiger partial charge in [-0.05, 0) is 38.5 Å². The minimum Gasteiger partial charge on any atom is -0.303 e. The van der Waals surface area contributed by atoms with Gasteiger partial charge >= 0.3 is 0 Å². The van der Waals surface area contributed by atoms with E-state index in [1.54, 1.807) is 0 Å². The van der Waals surface area contributed by atoms with Crippen LogP contribution in [0.5, 0.6) is 0 Å². The zero-order valence-corrected chi connectivity index (χ0v) is 11.6. The lowest BCUT2D eigenvalue weighted by Gasteiger charge is -1.97. The molecular weight excluding hydrogens is 224 g/mol. The Bertz CT molecular complexity index is 209. The smallest absolute Gasteiger partial charge is 0.119 e. The monoisotopic (exact) mass is 252 g/mol. The van der Waals surface area contributed by atoms with Crippen molar-refractivity contribution in [3.05, 3.63) is 12.2 Å². The molecule has 18 heavy (non-hydrogen) atoms. The molecule has 0 unspecified atom stereocenters. The van der Waals surface area contributed by atoms with Crippen LogP contribution in [0.1, 0.15) is 77.0 Å². The molecule has 0 aromatic heterocycles. The molecule has 0 aliphatic carbocycles. The third-order valence-electron chi connectivity index (χ3n) is 3.05. The lowest BCUT2D eigenvalue weighted by molar-refractivity contribution is -0.108. The number of carbonyl (C=O) groups is 2. The predicted molar refractivity (Wildman–Crippen MR) is 76.7 cm³/mol. The molecular formula is C16H28O2. The summed E-state index contributed by atoms with van der Waals surface area (Å²) in [6.07, 6.45) is 19.8. The average Bonchev–Trinajstić information content (AvgIpc) is 2.39. The van der Waals surface area contributed by atoms with E-state index < -0.39 is 0 Å². The second-order valence-corrected chi connectivity index (χ2v) is 4.79. The van der Waals surface area contributed by atoms with Crippen molar-refractivity contribution >= 4 is 12.6 Å². The van der Waals surface area contributed by atoms with Gasteiger partial charge in [0.05, 0.1) is 0 Å². The van der Waals surface area contributed by atoms with E-state index in [4.69, 9.17) is 0 Å². The Balaban J connectivity index is 3.04. The summed E-state index contributed by atoms with van der Waals surface area (Å²) in [5, 5.41) is 0. The maximum absolute atomic E-state index is 10.1. The van der Waals surface area contributed by atoms with E-state index in [0.29, 0.717) is 6.42 Å². The summed E-state index contributed by atoms with van der Waals surface area (Å²) in [7, 11) is 0. The van der Waals surface area contributed by atoms with Crippen LogP contribution in [0.15, 0.2) is 12.2 Å². The highest BCUT2D eigenvalue weighted by atomic mass is 16.1. The van der Waals surface area contributed by atoms with Crippen LogP contribution in [0.2, 0.25) is 0 Å². The maximum Gasteiger partial charge on any atom is 0.119 e. The van der Waals surface area contributed by atoms with Gasteiger partial charge in [-0.15, -0.1) is 0 Å². The molecule has 0 spiro atoms. The molecule has 0 amide bonds. The van der Waals surface area contributed by atoms with E-state index in [9.17, 15) is 9.59 Å². The summed E-state index contributed by atoms with van der Waals surface area (Å²) in [6, 6.07) is 0.